The molecular formula is C13H19NO5S. The molecule has 0 aliphatic heterocycles. The van der Waals surface area contributed by atoms with Crippen LogP contribution >= 0.6 is 0 Å². The van der Waals surface area contributed by atoms with Gasteiger partial charge < -0.3 is 9.84 Å². The molecule has 0 aliphatic rings. The molecule has 112 valence electrons. The number of aromatic carboxylic acids is 1. The van der Waals surface area contributed by atoms with E-state index in [1.165, 1.54) is 30.6 Å². The van der Waals surface area contributed by atoms with E-state index in [0.29, 0.717) is 6.54 Å². The Labute approximate surface area is 119 Å². The summed E-state index contributed by atoms with van der Waals surface area (Å²) in [5.41, 5.74) is -0.169. The first kappa shape index (κ1) is 16.5. The van der Waals surface area contributed by atoms with E-state index in [1.54, 1.807) is 0 Å². The van der Waals surface area contributed by atoms with Gasteiger partial charge in [0.1, 0.15) is 11.3 Å². The van der Waals surface area contributed by atoms with Gasteiger partial charge in [0.05, 0.1) is 12.0 Å². The average molecular weight is 301 g/mol. The van der Waals surface area contributed by atoms with Crippen molar-refractivity contribution in [1.82, 2.24) is 4.31 Å². The summed E-state index contributed by atoms with van der Waals surface area (Å²) in [4.78, 5) is 11.1. The minimum atomic E-state index is -3.68. The van der Waals surface area contributed by atoms with Crippen molar-refractivity contribution < 1.29 is 23.1 Å². The molecule has 0 atom stereocenters. The lowest BCUT2D eigenvalue weighted by molar-refractivity contribution is 0.0693. The van der Waals surface area contributed by atoms with Crippen LogP contribution < -0.4 is 4.74 Å². The Morgan fingerprint density at radius 2 is 2.05 bits per heavy atom. The first-order chi connectivity index (χ1) is 9.34. The Bertz CT molecular complexity index is 582. The zero-order valence-electron chi connectivity index (χ0n) is 11.8. The second-order valence-electron chi connectivity index (χ2n) is 4.35. The first-order valence-electron chi connectivity index (χ1n) is 6.22. The Balaban J connectivity index is 3.19. The van der Waals surface area contributed by atoms with Crippen LogP contribution in [0.5, 0.6) is 5.75 Å². The molecule has 1 rings (SSSR count). The standard InChI is InChI=1S/C13H19NO5S/c1-4-5-8-14(2)20(17,18)10-6-7-12(19-3)11(9-10)13(15)16/h6-7,9H,4-5,8H2,1-3H3,(H,15,16). The van der Waals surface area contributed by atoms with Gasteiger partial charge in [0.25, 0.3) is 0 Å². The van der Waals surface area contributed by atoms with Gasteiger partial charge in [-0.15, -0.1) is 0 Å². The van der Waals surface area contributed by atoms with Crippen molar-refractivity contribution in [3.63, 3.8) is 0 Å². The molecule has 0 radical (unpaired) electrons. The van der Waals surface area contributed by atoms with Crippen LogP contribution in [0.2, 0.25) is 0 Å². The van der Waals surface area contributed by atoms with Crippen molar-refractivity contribution in [2.75, 3.05) is 20.7 Å². The molecule has 0 unspecified atom stereocenters. The number of hydrogen-bond donors (Lipinski definition) is 1. The number of nitrogens with zero attached hydrogens (tertiary/aromatic N) is 1. The topological polar surface area (TPSA) is 83.9 Å². The molecule has 1 aromatic carbocycles. The highest BCUT2D eigenvalue weighted by Crippen LogP contribution is 2.24. The number of carbonyl (C=O) groups is 1. The summed E-state index contributed by atoms with van der Waals surface area (Å²) in [7, 11) is -0.859. The number of methoxy groups -OCH3 is 1. The minimum Gasteiger partial charge on any atom is -0.496 e. The fraction of sp³-hybridized carbons (Fsp3) is 0.462. The van der Waals surface area contributed by atoms with Gasteiger partial charge in [0.15, 0.2) is 0 Å². The van der Waals surface area contributed by atoms with Crippen molar-refractivity contribution in [1.29, 1.82) is 0 Å². The van der Waals surface area contributed by atoms with Gasteiger partial charge in [-0.1, -0.05) is 13.3 Å². The Morgan fingerprint density at radius 3 is 2.55 bits per heavy atom. The smallest absolute Gasteiger partial charge is 0.339 e. The molecule has 7 heteroatoms. The van der Waals surface area contributed by atoms with Crippen LogP contribution in [0.1, 0.15) is 30.1 Å². The predicted octanol–water partition coefficient (Wildman–Crippen LogP) is 1.81. The summed E-state index contributed by atoms with van der Waals surface area (Å²) in [6.07, 6.45) is 1.63. The van der Waals surface area contributed by atoms with Gasteiger partial charge in [-0.2, -0.15) is 0 Å². The number of carboxylic acid groups (broad SMARTS) is 1. The number of rotatable bonds is 7. The van der Waals surface area contributed by atoms with E-state index in [-0.39, 0.29) is 16.2 Å². The number of unbranched alkanes of at least 4 members (excludes halogenated alkanes) is 1. The summed E-state index contributed by atoms with van der Waals surface area (Å²) in [5.74, 6) is -1.09. The van der Waals surface area contributed by atoms with Gasteiger partial charge >= 0.3 is 5.97 Å². The minimum absolute atomic E-state index is 0.0469. The predicted molar refractivity (Wildman–Crippen MR) is 74.7 cm³/mol. The Kier molecular flexibility index (Phi) is 5.52. The summed E-state index contributed by atoms with van der Waals surface area (Å²) >= 11 is 0. The van der Waals surface area contributed by atoms with E-state index in [2.05, 4.69) is 0 Å². The third-order valence-corrected chi connectivity index (χ3v) is 4.79. The number of hydrogen-bond acceptors (Lipinski definition) is 4. The summed E-state index contributed by atoms with van der Waals surface area (Å²) < 4.78 is 30.7. The lowest BCUT2D eigenvalue weighted by Crippen LogP contribution is -2.28. The summed E-state index contributed by atoms with van der Waals surface area (Å²) in [6.45, 7) is 2.36. The molecule has 0 heterocycles. The van der Waals surface area contributed by atoms with E-state index in [1.807, 2.05) is 6.92 Å². The SMILES string of the molecule is CCCCN(C)S(=O)(=O)c1ccc(OC)c(C(=O)O)c1. The molecule has 0 aromatic heterocycles. The first-order valence-corrected chi connectivity index (χ1v) is 7.66. The van der Waals surface area contributed by atoms with Crippen molar-refractivity contribution in [2.45, 2.75) is 24.7 Å². The second-order valence-corrected chi connectivity index (χ2v) is 6.39. The van der Waals surface area contributed by atoms with Gasteiger partial charge in [0.2, 0.25) is 10.0 Å². The second kappa shape index (κ2) is 6.71. The largest absolute Gasteiger partial charge is 0.496 e. The Morgan fingerprint density at radius 1 is 1.40 bits per heavy atom. The highest BCUT2D eigenvalue weighted by molar-refractivity contribution is 7.89. The van der Waals surface area contributed by atoms with Crippen molar-refractivity contribution in [3.8, 4) is 5.75 Å². The van der Waals surface area contributed by atoms with E-state index in [4.69, 9.17) is 9.84 Å². The third kappa shape index (κ3) is 3.49. The molecule has 1 N–H and O–H groups in total. The van der Waals surface area contributed by atoms with E-state index < -0.39 is 16.0 Å². The van der Waals surface area contributed by atoms with Gasteiger partial charge in [-0.25, -0.2) is 17.5 Å². The maximum absolute atomic E-state index is 12.3. The highest BCUT2D eigenvalue weighted by atomic mass is 32.2. The van der Waals surface area contributed by atoms with E-state index in [0.717, 1.165) is 18.9 Å². The third-order valence-electron chi connectivity index (χ3n) is 2.94. The molecule has 0 saturated carbocycles. The summed E-state index contributed by atoms with van der Waals surface area (Å²) in [5, 5.41) is 9.08. The number of ether oxygens (including phenoxy) is 1. The van der Waals surface area contributed by atoms with Gasteiger partial charge in [-0.3, -0.25) is 0 Å². The van der Waals surface area contributed by atoms with Gasteiger partial charge in [-0.05, 0) is 24.6 Å². The normalized spacial score (nSPS) is 11.6. The molecule has 0 amide bonds. The molecule has 0 spiro atoms. The molecule has 1 aromatic rings. The molecular weight excluding hydrogens is 282 g/mol. The average Bonchev–Trinajstić information content (AvgIpc) is 2.43. The molecule has 20 heavy (non-hydrogen) atoms. The van der Waals surface area contributed by atoms with Crippen LogP contribution in [-0.2, 0) is 10.0 Å². The molecule has 0 aliphatic carbocycles. The van der Waals surface area contributed by atoms with E-state index >= 15 is 0 Å². The van der Waals surface area contributed by atoms with Crippen LogP contribution in [0, 0.1) is 0 Å². The van der Waals surface area contributed by atoms with E-state index in [9.17, 15) is 13.2 Å². The highest BCUT2D eigenvalue weighted by Gasteiger charge is 2.23. The fourth-order valence-corrected chi connectivity index (χ4v) is 2.93. The van der Waals surface area contributed by atoms with Crippen LogP contribution in [0.4, 0.5) is 0 Å². The fourth-order valence-electron chi connectivity index (χ4n) is 1.70. The number of carboxylic acids is 1. The van der Waals surface area contributed by atoms with Crippen molar-refractivity contribution in [2.24, 2.45) is 0 Å². The maximum atomic E-state index is 12.3. The molecule has 0 fully saturated rings. The van der Waals surface area contributed by atoms with Crippen molar-refractivity contribution in [3.05, 3.63) is 23.8 Å². The zero-order valence-corrected chi connectivity index (χ0v) is 12.6. The summed E-state index contributed by atoms with van der Waals surface area (Å²) in [6, 6.07) is 3.83. The monoisotopic (exact) mass is 301 g/mol. The maximum Gasteiger partial charge on any atom is 0.339 e. The quantitative estimate of drug-likeness (QED) is 0.830. The van der Waals surface area contributed by atoms with Crippen molar-refractivity contribution >= 4 is 16.0 Å². The lowest BCUT2D eigenvalue weighted by Gasteiger charge is -2.17. The van der Waals surface area contributed by atoms with Crippen LogP contribution in [0.15, 0.2) is 23.1 Å². The number of sulfonamides is 1. The van der Waals surface area contributed by atoms with Crippen LogP contribution in [0.3, 0.4) is 0 Å². The lowest BCUT2D eigenvalue weighted by atomic mass is 10.2. The Hall–Kier alpha value is -1.60. The molecule has 6 nitrogen and oxygen atoms in total. The number of benzene rings is 1. The van der Waals surface area contributed by atoms with Gasteiger partial charge in [0, 0.05) is 13.6 Å². The van der Waals surface area contributed by atoms with Crippen LogP contribution in [0.25, 0.3) is 0 Å². The molecule has 0 bridgehead atoms. The van der Waals surface area contributed by atoms with Crippen LogP contribution in [-0.4, -0.2) is 44.5 Å². The zero-order chi connectivity index (χ0) is 15.3. The molecule has 0 saturated heterocycles.